The molecule has 0 amide bonds. The van der Waals surface area contributed by atoms with Crippen LogP contribution in [0.2, 0.25) is 0 Å². The topological polar surface area (TPSA) is 40.5 Å². The zero-order valence-electron chi connectivity index (χ0n) is 17.8. The van der Waals surface area contributed by atoms with Gasteiger partial charge in [0.1, 0.15) is 10.8 Å². The normalized spacial score (nSPS) is 12.7. The van der Waals surface area contributed by atoms with Crippen LogP contribution >= 0.6 is 12.2 Å². The van der Waals surface area contributed by atoms with E-state index in [1.165, 1.54) is 17.7 Å². The first-order valence-electron chi connectivity index (χ1n) is 10.2. The summed E-state index contributed by atoms with van der Waals surface area (Å²) in [7, 11) is 0. The molecule has 1 N–H and O–H groups in total. The molecule has 3 aromatic rings. The monoisotopic (exact) mass is 433 g/mol. The van der Waals surface area contributed by atoms with Gasteiger partial charge in [0.2, 0.25) is 0 Å². The van der Waals surface area contributed by atoms with E-state index in [1.54, 1.807) is 6.07 Å². The van der Waals surface area contributed by atoms with Crippen LogP contribution in [-0.4, -0.2) is 21.0 Å². The molecule has 3 nitrogen and oxygen atoms in total. The summed E-state index contributed by atoms with van der Waals surface area (Å²) in [6, 6.07) is 14.6. The molecule has 0 radical (unpaired) electrons. The van der Waals surface area contributed by atoms with E-state index >= 15 is 0 Å². The van der Waals surface area contributed by atoms with Crippen molar-refractivity contribution in [2.45, 2.75) is 40.3 Å². The van der Waals surface area contributed by atoms with Crippen molar-refractivity contribution in [3.8, 4) is 11.1 Å². The molecular weight excluding hydrogens is 409 g/mol. The van der Waals surface area contributed by atoms with Gasteiger partial charge in [0.05, 0.1) is 6.42 Å². The molecule has 5 heteroatoms. The number of rotatable bonds is 4. The van der Waals surface area contributed by atoms with Gasteiger partial charge < -0.3 is 10.0 Å². The molecule has 0 atom stereocenters. The number of carbonyl (C=O) groups is 1. The number of halogens is 1. The van der Waals surface area contributed by atoms with E-state index in [0.717, 1.165) is 38.9 Å². The summed E-state index contributed by atoms with van der Waals surface area (Å²) in [5.41, 5.74) is 9.12. The van der Waals surface area contributed by atoms with Crippen molar-refractivity contribution in [2.24, 2.45) is 0 Å². The van der Waals surface area contributed by atoms with E-state index in [4.69, 9.17) is 12.2 Å². The SMILES string of the molecule is Cc1ccc(-c2c(C)c3c(c(C)c2CC(=O)O)CN(C(=S)c2cccc(F)c2)C3)cc1. The van der Waals surface area contributed by atoms with Crippen LogP contribution in [0.1, 0.15) is 38.9 Å². The quantitative estimate of drug-likeness (QED) is 0.533. The van der Waals surface area contributed by atoms with E-state index < -0.39 is 5.97 Å². The summed E-state index contributed by atoms with van der Waals surface area (Å²) in [6.07, 6.45) is -0.0303. The zero-order valence-corrected chi connectivity index (χ0v) is 18.6. The number of benzene rings is 3. The minimum atomic E-state index is -0.846. The minimum absolute atomic E-state index is 0.0303. The van der Waals surface area contributed by atoms with E-state index in [2.05, 4.69) is 24.0 Å². The Morgan fingerprint density at radius 2 is 1.68 bits per heavy atom. The van der Waals surface area contributed by atoms with Gasteiger partial charge in [-0.3, -0.25) is 4.79 Å². The smallest absolute Gasteiger partial charge is 0.307 e. The fourth-order valence-corrected chi connectivity index (χ4v) is 4.75. The van der Waals surface area contributed by atoms with Crippen LogP contribution in [0.5, 0.6) is 0 Å². The molecule has 1 aliphatic rings. The Hall–Kier alpha value is -3.05. The number of thiocarbonyl (C=S) groups is 1. The first kappa shape index (κ1) is 21.2. The molecule has 0 bridgehead atoms. The molecule has 0 aromatic heterocycles. The van der Waals surface area contributed by atoms with Gasteiger partial charge in [-0.05, 0) is 71.8 Å². The number of fused-ring (bicyclic) bond motifs is 1. The lowest BCUT2D eigenvalue weighted by molar-refractivity contribution is -0.136. The molecule has 0 saturated heterocycles. The highest BCUT2D eigenvalue weighted by Crippen LogP contribution is 2.40. The number of hydrogen-bond donors (Lipinski definition) is 1. The van der Waals surface area contributed by atoms with Gasteiger partial charge >= 0.3 is 5.97 Å². The van der Waals surface area contributed by atoms with Crippen LogP contribution in [0.15, 0.2) is 48.5 Å². The van der Waals surface area contributed by atoms with E-state index in [9.17, 15) is 14.3 Å². The van der Waals surface area contributed by atoms with Crippen molar-refractivity contribution in [3.63, 3.8) is 0 Å². The number of nitrogens with zero attached hydrogens (tertiary/aromatic N) is 1. The molecule has 158 valence electrons. The summed E-state index contributed by atoms with van der Waals surface area (Å²) < 4.78 is 13.7. The van der Waals surface area contributed by atoms with Crippen LogP contribution in [-0.2, 0) is 24.3 Å². The number of aliphatic carboxylic acids is 1. The van der Waals surface area contributed by atoms with Crippen molar-refractivity contribution < 1.29 is 14.3 Å². The van der Waals surface area contributed by atoms with Crippen LogP contribution in [0.4, 0.5) is 4.39 Å². The highest BCUT2D eigenvalue weighted by molar-refractivity contribution is 7.80. The molecule has 0 fully saturated rings. The van der Waals surface area contributed by atoms with Crippen LogP contribution in [0.3, 0.4) is 0 Å². The van der Waals surface area contributed by atoms with Crippen molar-refractivity contribution in [2.75, 3.05) is 0 Å². The van der Waals surface area contributed by atoms with Gasteiger partial charge in [-0.15, -0.1) is 0 Å². The Labute approximate surface area is 187 Å². The standard InChI is InChI=1S/C26H24FNO2S/c1-15-7-9-18(10-8-15)25-17(3)23-14-28(26(31)19-5-4-6-20(27)11-19)13-22(23)16(2)21(25)12-24(29)30/h4-11H,12-14H2,1-3H3,(H,29,30). The maximum atomic E-state index is 13.7. The average molecular weight is 434 g/mol. The van der Waals surface area contributed by atoms with Gasteiger partial charge in [0.25, 0.3) is 0 Å². The first-order chi connectivity index (χ1) is 14.8. The third-order valence-corrected chi connectivity index (χ3v) is 6.62. The predicted octanol–water partition coefficient (Wildman–Crippen LogP) is 5.74. The Balaban J connectivity index is 1.81. The van der Waals surface area contributed by atoms with Gasteiger partial charge in [0, 0.05) is 18.7 Å². The highest BCUT2D eigenvalue weighted by Gasteiger charge is 2.29. The Bertz CT molecular complexity index is 1200. The second-order valence-corrected chi connectivity index (χ2v) is 8.56. The molecule has 0 aliphatic carbocycles. The second kappa shape index (κ2) is 8.23. The van der Waals surface area contributed by atoms with Gasteiger partial charge in [0.15, 0.2) is 0 Å². The van der Waals surface area contributed by atoms with Crippen LogP contribution in [0, 0.1) is 26.6 Å². The lowest BCUT2D eigenvalue weighted by Gasteiger charge is -2.19. The number of aryl methyl sites for hydroxylation is 1. The van der Waals surface area contributed by atoms with Crippen LogP contribution in [0.25, 0.3) is 11.1 Å². The third-order valence-electron chi connectivity index (χ3n) is 6.12. The van der Waals surface area contributed by atoms with Crippen molar-refractivity contribution in [1.82, 2.24) is 4.90 Å². The second-order valence-electron chi connectivity index (χ2n) is 8.17. The molecule has 1 heterocycles. The Kier molecular flexibility index (Phi) is 5.63. The maximum absolute atomic E-state index is 13.7. The van der Waals surface area contributed by atoms with Gasteiger partial charge in [-0.1, -0.05) is 54.2 Å². The van der Waals surface area contributed by atoms with Crippen LogP contribution < -0.4 is 0 Å². The molecule has 4 rings (SSSR count). The summed E-state index contributed by atoms with van der Waals surface area (Å²) in [4.78, 5) is 14.4. The van der Waals surface area contributed by atoms with E-state index in [0.29, 0.717) is 23.6 Å². The number of carboxylic acids is 1. The maximum Gasteiger partial charge on any atom is 0.307 e. The molecular formula is C26H24FNO2S. The Morgan fingerprint density at radius 1 is 1.03 bits per heavy atom. The fraction of sp³-hybridized carbons (Fsp3) is 0.231. The predicted molar refractivity (Wildman–Crippen MR) is 125 cm³/mol. The minimum Gasteiger partial charge on any atom is -0.481 e. The zero-order chi connectivity index (χ0) is 22.3. The van der Waals surface area contributed by atoms with Crippen molar-refractivity contribution >= 4 is 23.2 Å². The summed E-state index contributed by atoms with van der Waals surface area (Å²) >= 11 is 5.68. The fourth-order valence-electron chi connectivity index (χ4n) is 4.50. The highest BCUT2D eigenvalue weighted by atomic mass is 32.1. The van der Waals surface area contributed by atoms with E-state index in [1.807, 2.05) is 32.0 Å². The lowest BCUT2D eigenvalue weighted by Crippen LogP contribution is -2.24. The first-order valence-corrected chi connectivity index (χ1v) is 10.6. The molecule has 0 unspecified atom stereocenters. The van der Waals surface area contributed by atoms with Gasteiger partial charge in [-0.25, -0.2) is 4.39 Å². The lowest BCUT2D eigenvalue weighted by atomic mass is 9.84. The molecule has 31 heavy (non-hydrogen) atoms. The summed E-state index contributed by atoms with van der Waals surface area (Å²) in [5.74, 6) is -1.16. The average Bonchev–Trinajstić information content (AvgIpc) is 3.18. The number of hydrogen-bond acceptors (Lipinski definition) is 2. The molecule has 3 aromatic carbocycles. The van der Waals surface area contributed by atoms with Gasteiger partial charge in [-0.2, -0.15) is 0 Å². The van der Waals surface area contributed by atoms with Crippen molar-refractivity contribution in [3.05, 3.63) is 93.3 Å². The largest absolute Gasteiger partial charge is 0.481 e. The summed E-state index contributed by atoms with van der Waals surface area (Å²) in [6.45, 7) is 7.33. The van der Waals surface area contributed by atoms with Crippen molar-refractivity contribution in [1.29, 1.82) is 0 Å². The third kappa shape index (κ3) is 3.98. The van der Waals surface area contributed by atoms with E-state index in [-0.39, 0.29) is 12.2 Å². The molecule has 1 aliphatic heterocycles. The molecule has 0 saturated carbocycles. The summed E-state index contributed by atoms with van der Waals surface area (Å²) in [5, 5.41) is 9.59. The number of carboxylic acid groups (broad SMARTS) is 1. The molecule has 0 spiro atoms. The Morgan fingerprint density at radius 3 is 2.29 bits per heavy atom.